The number of methoxy groups -OCH3 is 1. The van der Waals surface area contributed by atoms with Gasteiger partial charge in [0.05, 0.1) is 18.2 Å². The lowest BCUT2D eigenvalue weighted by Crippen LogP contribution is -2.30. The van der Waals surface area contributed by atoms with E-state index in [9.17, 15) is 9.59 Å². The number of hydrogen-bond acceptors (Lipinski definition) is 4. The van der Waals surface area contributed by atoms with E-state index < -0.39 is 0 Å². The highest BCUT2D eigenvalue weighted by Crippen LogP contribution is 2.28. The van der Waals surface area contributed by atoms with E-state index in [4.69, 9.17) is 4.74 Å². The number of rotatable bonds is 7. The third kappa shape index (κ3) is 5.08. The summed E-state index contributed by atoms with van der Waals surface area (Å²) in [6.45, 7) is 6.61. The van der Waals surface area contributed by atoms with Crippen molar-refractivity contribution < 1.29 is 14.3 Å². The lowest BCUT2D eigenvalue weighted by atomic mass is 10.1. The van der Waals surface area contributed by atoms with Crippen LogP contribution in [0.1, 0.15) is 47.4 Å². The van der Waals surface area contributed by atoms with Crippen molar-refractivity contribution in [1.29, 1.82) is 0 Å². The molecule has 1 fully saturated rings. The van der Waals surface area contributed by atoms with Crippen molar-refractivity contribution in [3.63, 3.8) is 0 Å². The summed E-state index contributed by atoms with van der Waals surface area (Å²) in [5.41, 5.74) is 2.53. The summed E-state index contributed by atoms with van der Waals surface area (Å²) in [6.07, 6.45) is 2.25. The second-order valence-electron chi connectivity index (χ2n) is 7.68. The summed E-state index contributed by atoms with van der Waals surface area (Å²) < 4.78 is 5.28. The van der Waals surface area contributed by atoms with E-state index in [2.05, 4.69) is 29.4 Å². The molecule has 2 N–H and O–H groups in total. The van der Waals surface area contributed by atoms with Crippen molar-refractivity contribution in [2.75, 3.05) is 37.0 Å². The number of amides is 2. The summed E-state index contributed by atoms with van der Waals surface area (Å²) in [4.78, 5) is 27.8. The van der Waals surface area contributed by atoms with Gasteiger partial charge in [-0.1, -0.05) is 26.0 Å². The van der Waals surface area contributed by atoms with Gasteiger partial charge in [0.15, 0.2) is 0 Å². The molecule has 0 aliphatic carbocycles. The number of nitrogens with zero attached hydrogens (tertiary/aromatic N) is 1. The highest BCUT2D eigenvalue weighted by molar-refractivity contribution is 6.07. The first kappa shape index (κ1) is 20.7. The van der Waals surface area contributed by atoms with Crippen LogP contribution in [0.3, 0.4) is 0 Å². The first-order chi connectivity index (χ1) is 14.0. The number of para-hydroxylation sites is 1. The van der Waals surface area contributed by atoms with Crippen molar-refractivity contribution in [2.45, 2.75) is 26.7 Å². The molecule has 1 aliphatic heterocycles. The van der Waals surface area contributed by atoms with Gasteiger partial charge >= 0.3 is 0 Å². The average molecular weight is 396 g/mol. The molecule has 0 bridgehead atoms. The molecule has 0 aromatic heterocycles. The van der Waals surface area contributed by atoms with Crippen LogP contribution in [0.5, 0.6) is 5.75 Å². The molecule has 0 spiro atoms. The Hall–Kier alpha value is -3.02. The molecule has 6 heteroatoms. The molecule has 2 aromatic rings. The van der Waals surface area contributed by atoms with Gasteiger partial charge in [0.2, 0.25) is 0 Å². The van der Waals surface area contributed by atoms with Crippen molar-refractivity contribution in [3.8, 4) is 5.75 Å². The predicted molar refractivity (Wildman–Crippen MR) is 116 cm³/mol. The number of anilines is 2. The fourth-order valence-electron chi connectivity index (χ4n) is 3.45. The van der Waals surface area contributed by atoms with E-state index in [1.807, 2.05) is 18.2 Å². The molecule has 2 aromatic carbocycles. The SMILES string of the molecule is COc1ccccc1C(=O)Nc1ccc(N2CCCC2)c(C(=O)NCC(C)C)c1. The van der Waals surface area contributed by atoms with Crippen LogP contribution in [-0.4, -0.2) is 38.6 Å². The third-order valence-electron chi connectivity index (χ3n) is 4.97. The first-order valence-electron chi connectivity index (χ1n) is 10.1. The van der Waals surface area contributed by atoms with Gasteiger partial charge in [-0.25, -0.2) is 0 Å². The smallest absolute Gasteiger partial charge is 0.259 e. The van der Waals surface area contributed by atoms with E-state index in [1.54, 1.807) is 24.3 Å². The van der Waals surface area contributed by atoms with Crippen LogP contribution in [0.2, 0.25) is 0 Å². The summed E-state index contributed by atoms with van der Waals surface area (Å²) in [5, 5.41) is 5.89. The zero-order valence-corrected chi connectivity index (χ0v) is 17.3. The molecule has 0 radical (unpaired) electrons. The Bertz CT molecular complexity index is 873. The summed E-state index contributed by atoms with van der Waals surface area (Å²) in [5.74, 6) is 0.482. The van der Waals surface area contributed by atoms with Crippen molar-refractivity contribution in [2.24, 2.45) is 5.92 Å². The second kappa shape index (κ2) is 9.45. The number of nitrogens with one attached hydrogen (secondary N) is 2. The van der Waals surface area contributed by atoms with Crippen LogP contribution in [0.25, 0.3) is 0 Å². The van der Waals surface area contributed by atoms with Gasteiger partial charge in [0.25, 0.3) is 11.8 Å². The largest absolute Gasteiger partial charge is 0.496 e. The molecule has 154 valence electrons. The van der Waals surface area contributed by atoms with E-state index in [0.29, 0.717) is 35.0 Å². The maximum absolute atomic E-state index is 12.9. The Morgan fingerprint density at radius 2 is 1.76 bits per heavy atom. The zero-order chi connectivity index (χ0) is 20.8. The van der Waals surface area contributed by atoms with E-state index >= 15 is 0 Å². The van der Waals surface area contributed by atoms with Crippen LogP contribution in [-0.2, 0) is 0 Å². The number of ether oxygens (including phenoxy) is 1. The Labute approximate surface area is 172 Å². The van der Waals surface area contributed by atoms with Crippen molar-refractivity contribution in [1.82, 2.24) is 5.32 Å². The Morgan fingerprint density at radius 1 is 1.03 bits per heavy atom. The van der Waals surface area contributed by atoms with Crippen molar-refractivity contribution in [3.05, 3.63) is 53.6 Å². The molecule has 2 amide bonds. The maximum Gasteiger partial charge on any atom is 0.259 e. The van der Waals surface area contributed by atoms with Crippen LogP contribution in [0.15, 0.2) is 42.5 Å². The fraction of sp³-hybridized carbons (Fsp3) is 0.391. The van der Waals surface area contributed by atoms with E-state index in [-0.39, 0.29) is 11.8 Å². The minimum absolute atomic E-state index is 0.117. The molecule has 1 aliphatic rings. The number of hydrogen-bond donors (Lipinski definition) is 2. The summed E-state index contributed by atoms with van der Waals surface area (Å²) >= 11 is 0. The van der Waals surface area contributed by atoms with E-state index in [0.717, 1.165) is 31.6 Å². The van der Waals surface area contributed by atoms with Gasteiger partial charge in [0.1, 0.15) is 5.75 Å². The first-order valence-corrected chi connectivity index (χ1v) is 10.1. The topological polar surface area (TPSA) is 70.7 Å². The third-order valence-corrected chi connectivity index (χ3v) is 4.97. The fourth-order valence-corrected chi connectivity index (χ4v) is 3.45. The van der Waals surface area contributed by atoms with Gasteiger partial charge in [-0.15, -0.1) is 0 Å². The molecule has 29 heavy (non-hydrogen) atoms. The van der Waals surface area contributed by atoms with E-state index in [1.165, 1.54) is 7.11 Å². The zero-order valence-electron chi connectivity index (χ0n) is 17.3. The van der Waals surface area contributed by atoms with Crippen molar-refractivity contribution >= 4 is 23.2 Å². The van der Waals surface area contributed by atoms with Gasteiger partial charge in [-0.05, 0) is 49.1 Å². The average Bonchev–Trinajstić information content (AvgIpc) is 3.26. The summed E-state index contributed by atoms with van der Waals surface area (Å²) in [6, 6.07) is 12.6. The molecule has 1 heterocycles. The monoisotopic (exact) mass is 395 g/mol. The molecule has 1 saturated heterocycles. The molecule has 0 saturated carbocycles. The molecular weight excluding hydrogens is 366 g/mol. The van der Waals surface area contributed by atoms with Gasteiger partial charge in [-0.2, -0.15) is 0 Å². The number of benzene rings is 2. The molecule has 0 atom stereocenters. The van der Waals surface area contributed by atoms with Crippen LogP contribution in [0.4, 0.5) is 11.4 Å². The lowest BCUT2D eigenvalue weighted by molar-refractivity contribution is 0.0948. The standard InChI is InChI=1S/C23H29N3O3/c1-16(2)15-24-22(27)19-14-17(10-11-20(19)26-12-6-7-13-26)25-23(28)18-8-4-5-9-21(18)29-3/h4-5,8-11,14,16H,6-7,12-13,15H2,1-3H3,(H,24,27)(H,25,28). The van der Waals surface area contributed by atoms with Crippen LogP contribution < -0.4 is 20.3 Å². The number of carbonyl (C=O) groups excluding carboxylic acids is 2. The Morgan fingerprint density at radius 3 is 2.45 bits per heavy atom. The summed E-state index contributed by atoms with van der Waals surface area (Å²) in [7, 11) is 1.54. The van der Waals surface area contributed by atoms with Crippen LogP contribution in [0, 0.1) is 5.92 Å². The molecule has 6 nitrogen and oxygen atoms in total. The predicted octanol–water partition coefficient (Wildman–Crippen LogP) is 3.93. The molecule has 3 rings (SSSR count). The normalized spacial score (nSPS) is 13.4. The number of carbonyl (C=O) groups is 2. The second-order valence-corrected chi connectivity index (χ2v) is 7.68. The molecular formula is C23H29N3O3. The van der Waals surface area contributed by atoms with Gasteiger partial charge < -0.3 is 20.3 Å². The Kier molecular flexibility index (Phi) is 6.75. The van der Waals surface area contributed by atoms with Gasteiger partial charge in [-0.3, -0.25) is 9.59 Å². The minimum Gasteiger partial charge on any atom is -0.496 e. The van der Waals surface area contributed by atoms with Gasteiger partial charge in [0, 0.05) is 31.0 Å². The van der Waals surface area contributed by atoms with Crippen LogP contribution >= 0.6 is 0 Å². The molecule has 0 unspecified atom stereocenters. The Balaban J connectivity index is 1.86. The highest BCUT2D eigenvalue weighted by Gasteiger charge is 2.21. The highest BCUT2D eigenvalue weighted by atomic mass is 16.5. The quantitative estimate of drug-likeness (QED) is 0.745. The maximum atomic E-state index is 12.9. The minimum atomic E-state index is -0.273. The lowest BCUT2D eigenvalue weighted by Gasteiger charge is -2.22.